The smallest absolute Gasteiger partial charge is 0.330 e. The van der Waals surface area contributed by atoms with E-state index in [9.17, 15) is 9.59 Å². The molecule has 4 aliphatic carbocycles. The Morgan fingerprint density at radius 3 is 2.59 bits per heavy atom. The number of hydrogen-bond acceptors (Lipinski definition) is 4. The fourth-order valence-corrected chi connectivity index (χ4v) is 7.37. The van der Waals surface area contributed by atoms with Crippen molar-refractivity contribution in [1.82, 2.24) is 0 Å². The first-order valence-electron chi connectivity index (χ1n) is 11.5. The van der Waals surface area contributed by atoms with E-state index in [-0.39, 0.29) is 28.9 Å². The minimum atomic E-state index is -0.173. The molecule has 0 aliphatic heterocycles. The molecule has 29 heavy (non-hydrogen) atoms. The first-order valence-corrected chi connectivity index (χ1v) is 11.5. The quantitative estimate of drug-likeness (QED) is 0.363. The third kappa shape index (κ3) is 3.47. The van der Waals surface area contributed by atoms with Crippen molar-refractivity contribution in [3.8, 4) is 0 Å². The lowest BCUT2D eigenvalue weighted by atomic mass is 9.48. The van der Waals surface area contributed by atoms with Gasteiger partial charge >= 0.3 is 11.9 Å². The number of rotatable bonds is 3. The highest BCUT2D eigenvalue weighted by atomic mass is 16.5. The van der Waals surface area contributed by atoms with Crippen LogP contribution in [-0.4, -0.2) is 24.6 Å². The molecule has 0 aromatic heterocycles. The molecule has 6 atom stereocenters. The van der Waals surface area contributed by atoms with Gasteiger partial charge in [0.2, 0.25) is 0 Å². The van der Waals surface area contributed by atoms with Gasteiger partial charge in [0.1, 0.15) is 6.10 Å². The maximum Gasteiger partial charge on any atom is 0.330 e. The molecule has 0 aromatic rings. The van der Waals surface area contributed by atoms with E-state index in [4.69, 9.17) is 9.47 Å². The number of esters is 2. The second kappa shape index (κ2) is 7.59. The van der Waals surface area contributed by atoms with Crippen LogP contribution in [0.5, 0.6) is 0 Å². The van der Waals surface area contributed by atoms with Gasteiger partial charge in [-0.2, -0.15) is 0 Å². The second-order valence-electron chi connectivity index (χ2n) is 10.2. The zero-order chi connectivity index (χ0) is 20.8. The van der Waals surface area contributed by atoms with Gasteiger partial charge in [-0.1, -0.05) is 31.1 Å². The maximum absolute atomic E-state index is 12.1. The third-order valence-electron chi connectivity index (χ3n) is 8.82. The molecule has 0 unspecified atom stereocenters. The predicted molar refractivity (Wildman–Crippen MR) is 112 cm³/mol. The van der Waals surface area contributed by atoms with E-state index in [1.54, 1.807) is 6.08 Å². The molecule has 4 aliphatic rings. The summed E-state index contributed by atoms with van der Waals surface area (Å²) in [4.78, 5) is 23.5. The first kappa shape index (κ1) is 20.7. The van der Waals surface area contributed by atoms with Gasteiger partial charge in [-0.3, -0.25) is 4.79 Å². The summed E-state index contributed by atoms with van der Waals surface area (Å²) in [6.45, 7) is 8.68. The fraction of sp³-hybridized carbons (Fsp3) is 0.760. The summed E-state index contributed by atoms with van der Waals surface area (Å²) in [6.07, 6.45) is 13.1. The number of hydrogen-bond donors (Lipinski definition) is 0. The fourth-order valence-electron chi connectivity index (χ4n) is 7.37. The minimum absolute atomic E-state index is 0.0582. The van der Waals surface area contributed by atoms with Gasteiger partial charge in [0.15, 0.2) is 0 Å². The van der Waals surface area contributed by atoms with Crippen molar-refractivity contribution >= 4 is 11.9 Å². The summed E-state index contributed by atoms with van der Waals surface area (Å²) >= 11 is 0. The second-order valence-corrected chi connectivity index (χ2v) is 10.2. The molecule has 0 radical (unpaired) electrons. The van der Waals surface area contributed by atoms with Crippen molar-refractivity contribution in [2.45, 2.75) is 85.2 Å². The predicted octanol–water partition coefficient (Wildman–Crippen LogP) is 5.37. The molecule has 0 saturated heterocycles. The Morgan fingerprint density at radius 2 is 1.86 bits per heavy atom. The van der Waals surface area contributed by atoms with Crippen molar-refractivity contribution in [2.75, 3.05) is 6.61 Å². The molecule has 0 amide bonds. The first-order chi connectivity index (χ1) is 13.8. The van der Waals surface area contributed by atoms with Gasteiger partial charge in [0.25, 0.3) is 0 Å². The van der Waals surface area contributed by atoms with Crippen LogP contribution in [0.25, 0.3) is 0 Å². The van der Waals surface area contributed by atoms with E-state index >= 15 is 0 Å². The third-order valence-corrected chi connectivity index (χ3v) is 8.82. The van der Waals surface area contributed by atoms with Crippen molar-refractivity contribution in [3.05, 3.63) is 23.3 Å². The number of carbonyl (C=O) groups excluding carboxylic acids is 2. The van der Waals surface area contributed by atoms with E-state index in [0.29, 0.717) is 24.4 Å². The van der Waals surface area contributed by atoms with E-state index in [1.807, 2.05) is 6.92 Å². The van der Waals surface area contributed by atoms with Gasteiger partial charge in [-0.15, -0.1) is 0 Å². The van der Waals surface area contributed by atoms with Crippen LogP contribution >= 0.6 is 0 Å². The minimum Gasteiger partial charge on any atom is -0.463 e. The lowest BCUT2D eigenvalue weighted by Gasteiger charge is -2.57. The summed E-state index contributed by atoms with van der Waals surface area (Å²) < 4.78 is 10.7. The Labute approximate surface area is 175 Å². The number of ether oxygens (including phenoxy) is 2. The van der Waals surface area contributed by atoms with Crippen molar-refractivity contribution < 1.29 is 19.1 Å². The highest BCUT2D eigenvalue weighted by molar-refractivity contribution is 5.83. The van der Waals surface area contributed by atoms with Gasteiger partial charge in [0, 0.05) is 19.4 Å². The number of carbonyl (C=O) groups is 2. The molecule has 4 rings (SSSR count). The summed E-state index contributed by atoms with van der Waals surface area (Å²) in [7, 11) is 0. The largest absolute Gasteiger partial charge is 0.463 e. The van der Waals surface area contributed by atoms with E-state index in [2.05, 4.69) is 19.9 Å². The van der Waals surface area contributed by atoms with Gasteiger partial charge in [-0.05, 0) is 80.5 Å². The zero-order valence-electron chi connectivity index (χ0n) is 18.5. The summed E-state index contributed by atoms with van der Waals surface area (Å²) in [5.41, 5.74) is 3.23. The topological polar surface area (TPSA) is 52.6 Å². The van der Waals surface area contributed by atoms with Crippen LogP contribution in [0.3, 0.4) is 0 Å². The molecule has 0 aromatic carbocycles. The normalized spacial score (nSPS) is 42.3. The lowest BCUT2D eigenvalue weighted by molar-refractivity contribution is -0.148. The molecule has 3 fully saturated rings. The van der Waals surface area contributed by atoms with E-state index in [0.717, 1.165) is 32.1 Å². The molecule has 0 N–H and O–H groups in total. The molecule has 4 heteroatoms. The zero-order valence-corrected chi connectivity index (χ0v) is 18.5. The van der Waals surface area contributed by atoms with Gasteiger partial charge < -0.3 is 9.47 Å². The highest BCUT2D eigenvalue weighted by Gasteiger charge is 2.57. The Bertz CT molecular complexity index is 750. The molecule has 3 saturated carbocycles. The standard InChI is InChI=1S/C25H36O4/c1-5-28-23(27)15-18-7-9-21-20-8-6-17-14-19(29-16(2)26)10-12-24(17,3)22(20)11-13-25(18,21)4/h6,15,19-22H,5,7-14H2,1-4H3/t19-,20-,21-,22-,24-,25+/m0/s1. The molecule has 0 bridgehead atoms. The van der Waals surface area contributed by atoms with Crippen LogP contribution in [0, 0.1) is 28.6 Å². The Kier molecular flexibility index (Phi) is 5.41. The Morgan fingerprint density at radius 1 is 1.14 bits per heavy atom. The van der Waals surface area contributed by atoms with Crippen molar-refractivity contribution in [3.63, 3.8) is 0 Å². The molecular weight excluding hydrogens is 364 g/mol. The van der Waals surface area contributed by atoms with Crippen molar-refractivity contribution in [2.24, 2.45) is 28.6 Å². The molecule has 4 nitrogen and oxygen atoms in total. The van der Waals surface area contributed by atoms with E-state index in [1.165, 1.54) is 37.3 Å². The molecule has 160 valence electrons. The van der Waals surface area contributed by atoms with Crippen LogP contribution < -0.4 is 0 Å². The van der Waals surface area contributed by atoms with Crippen LogP contribution in [-0.2, 0) is 19.1 Å². The maximum atomic E-state index is 12.1. The molecule has 0 heterocycles. The number of fused-ring (bicyclic) bond motifs is 5. The summed E-state index contributed by atoms with van der Waals surface area (Å²) in [6, 6.07) is 0. The molecule has 0 spiro atoms. The van der Waals surface area contributed by atoms with Crippen LogP contribution in [0.1, 0.15) is 79.1 Å². The Hall–Kier alpha value is -1.58. The summed E-state index contributed by atoms with van der Waals surface area (Å²) in [5.74, 6) is 1.73. The average Bonchev–Trinajstić information content (AvgIpc) is 2.98. The molecular formula is C25H36O4. The average molecular weight is 401 g/mol. The lowest BCUT2D eigenvalue weighted by Crippen LogP contribution is -2.49. The highest BCUT2D eigenvalue weighted by Crippen LogP contribution is 2.66. The van der Waals surface area contributed by atoms with Crippen LogP contribution in [0.2, 0.25) is 0 Å². The summed E-state index contributed by atoms with van der Waals surface area (Å²) in [5, 5.41) is 0. The Balaban J connectivity index is 1.56. The number of allylic oxidation sites excluding steroid dienone is 2. The van der Waals surface area contributed by atoms with Crippen LogP contribution in [0.4, 0.5) is 0 Å². The van der Waals surface area contributed by atoms with Gasteiger partial charge in [0.05, 0.1) is 6.61 Å². The van der Waals surface area contributed by atoms with Crippen molar-refractivity contribution in [1.29, 1.82) is 0 Å². The van der Waals surface area contributed by atoms with Gasteiger partial charge in [-0.25, -0.2) is 4.79 Å². The van der Waals surface area contributed by atoms with Crippen LogP contribution in [0.15, 0.2) is 23.3 Å². The van der Waals surface area contributed by atoms with E-state index < -0.39 is 0 Å². The SMILES string of the molecule is CCOC(=O)C=C1CC[C@H]2[C@@H]3CC=C4C[C@@H](OC(C)=O)CC[C@]4(C)[C@H]3CC[C@]12C. The monoisotopic (exact) mass is 400 g/mol.